The average Bonchev–Trinajstić information content (AvgIpc) is 3.22. The molecule has 4 aromatic carbocycles. The van der Waals surface area contributed by atoms with E-state index in [0.29, 0.717) is 5.69 Å². The monoisotopic (exact) mass is 494 g/mol. The third-order valence-electron chi connectivity index (χ3n) is 6.37. The van der Waals surface area contributed by atoms with Gasteiger partial charge in [0.1, 0.15) is 0 Å². The van der Waals surface area contributed by atoms with Crippen LogP contribution in [0.5, 0.6) is 0 Å². The maximum Gasteiger partial charge on any atom is 0.270 e. The van der Waals surface area contributed by atoms with Crippen molar-refractivity contribution in [2.75, 3.05) is 4.31 Å². The lowest BCUT2D eigenvalue weighted by Crippen LogP contribution is -2.40. The number of carbonyl (C=O) groups is 1. The van der Waals surface area contributed by atoms with Crippen LogP contribution >= 0.6 is 0 Å². The molecule has 1 heterocycles. The fourth-order valence-electron chi connectivity index (χ4n) is 4.58. The van der Waals surface area contributed by atoms with Crippen molar-refractivity contribution >= 4 is 32.5 Å². The summed E-state index contributed by atoms with van der Waals surface area (Å²) < 4.78 is 31.0. The highest BCUT2D eigenvalue weighted by Crippen LogP contribution is 2.36. The molecule has 6 heteroatoms. The van der Waals surface area contributed by atoms with E-state index in [0.717, 1.165) is 31.9 Å². The number of para-hydroxylation sites is 2. The van der Waals surface area contributed by atoms with Gasteiger partial charge in [0.15, 0.2) is 0 Å². The highest BCUT2D eigenvalue weighted by atomic mass is 32.2. The Hall–Kier alpha value is -4.16. The van der Waals surface area contributed by atoms with Crippen LogP contribution in [0.25, 0.3) is 10.9 Å². The minimum atomic E-state index is -4.20. The van der Waals surface area contributed by atoms with E-state index in [1.807, 2.05) is 79.3 Å². The van der Waals surface area contributed by atoms with Gasteiger partial charge in [0.05, 0.1) is 16.5 Å². The van der Waals surface area contributed by atoms with Crippen LogP contribution in [0.15, 0.2) is 120 Å². The summed E-state index contributed by atoms with van der Waals surface area (Å²) in [5, 5.41) is 0.906. The predicted octanol–water partition coefficient (Wildman–Crippen LogP) is 6.04. The molecule has 5 aromatic rings. The van der Waals surface area contributed by atoms with Crippen LogP contribution in [-0.2, 0) is 21.9 Å². The summed E-state index contributed by atoms with van der Waals surface area (Å²) in [6.45, 7) is 1.89. The number of amides is 1. The highest BCUT2D eigenvalue weighted by molar-refractivity contribution is 7.93. The molecule has 0 radical (unpaired) electrons. The molecule has 0 saturated heterocycles. The largest absolute Gasteiger partial charge is 0.350 e. The fourth-order valence-corrected chi connectivity index (χ4v) is 6.02. The van der Waals surface area contributed by atoms with E-state index in [1.165, 1.54) is 0 Å². The summed E-state index contributed by atoms with van der Waals surface area (Å²) in [5.41, 5.74) is 3.67. The number of hydrogen-bond acceptors (Lipinski definition) is 3. The minimum absolute atomic E-state index is 0.0648. The van der Waals surface area contributed by atoms with Crippen LogP contribution in [0.2, 0.25) is 0 Å². The lowest BCUT2D eigenvalue weighted by molar-refractivity contribution is -0.118. The van der Waals surface area contributed by atoms with Crippen molar-refractivity contribution in [3.05, 3.63) is 132 Å². The average molecular weight is 495 g/mol. The number of nitrogens with zero attached hydrogens (tertiary/aromatic N) is 2. The Balaban J connectivity index is 1.75. The van der Waals surface area contributed by atoms with Gasteiger partial charge in [-0.3, -0.25) is 4.79 Å². The van der Waals surface area contributed by atoms with Gasteiger partial charge in [0.2, 0.25) is 0 Å². The second-order valence-corrected chi connectivity index (χ2v) is 10.6. The quantitative estimate of drug-likeness (QED) is 0.289. The van der Waals surface area contributed by atoms with E-state index in [2.05, 4.69) is 0 Å². The van der Waals surface area contributed by atoms with Crippen LogP contribution in [0, 0.1) is 6.92 Å². The summed E-state index contributed by atoms with van der Waals surface area (Å²) in [5.74, 6) is -1.37. The number of anilines is 1. The van der Waals surface area contributed by atoms with E-state index in [-0.39, 0.29) is 4.90 Å². The first-order chi connectivity index (χ1) is 17.4. The Labute approximate surface area is 211 Å². The lowest BCUT2D eigenvalue weighted by atomic mass is 9.90. The molecular formula is C30H26N2O3S. The summed E-state index contributed by atoms with van der Waals surface area (Å²) in [7, 11) is -2.27. The zero-order valence-electron chi connectivity index (χ0n) is 20.1. The Morgan fingerprint density at radius 1 is 0.778 bits per heavy atom. The normalized spacial score (nSPS) is 12.4. The number of aromatic nitrogens is 1. The number of carbonyl (C=O) groups excluding carboxylic acids is 1. The van der Waals surface area contributed by atoms with Gasteiger partial charge in [-0.05, 0) is 48.4 Å². The summed E-state index contributed by atoms with van der Waals surface area (Å²) in [6.07, 6.45) is 1.92. The fraction of sp³-hybridized carbons (Fsp3) is 0.100. The molecule has 0 saturated carbocycles. The molecule has 0 spiro atoms. The van der Waals surface area contributed by atoms with Crippen molar-refractivity contribution in [1.82, 2.24) is 4.57 Å². The number of fused-ring (bicyclic) bond motifs is 1. The van der Waals surface area contributed by atoms with Crippen molar-refractivity contribution < 1.29 is 13.2 Å². The summed E-state index contributed by atoms with van der Waals surface area (Å²) in [4.78, 5) is 14.6. The van der Waals surface area contributed by atoms with Crippen LogP contribution in [0.1, 0.15) is 22.6 Å². The zero-order chi connectivity index (χ0) is 25.3. The summed E-state index contributed by atoms with van der Waals surface area (Å²) in [6, 6.07) is 32.3. The van der Waals surface area contributed by atoms with Crippen LogP contribution in [0.3, 0.4) is 0 Å². The molecule has 180 valence electrons. The first kappa shape index (κ1) is 23.6. The molecule has 1 amide bonds. The topological polar surface area (TPSA) is 59.4 Å². The molecule has 0 aliphatic carbocycles. The van der Waals surface area contributed by atoms with E-state index in [1.54, 1.807) is 54.6 Å². The molecule has 0 bridgehead atoms. The molecule has 36 heavy (non-hydrogen) atoms. The number of benzene rings is 4. The first-order valence-corrected chi connectivity index (χ1v) is 13.1. The molecule has 5 rings (SSSR count). The maximum absolute atomic E-state index is 14.5. The molecule has 1 aromatic heterocycles. The molecule has 1 atom stereocenters. The predicted molar refractivity (Wildman–Crippen MR) is 143 cm³/mol. The van der Waals surface area contributed by atoms with Gasteiger partial charge in [-0.2, -0.15) is 0 Å². The van der Waals surface area contributed by atoms with E-state index in [9.17, 15) is 13.2 Å². The van der Waals surface area contributed by atoms with E-state index >= 15 is 0 Å². The maximum atomic E-state index is 14.5. The van der Waals surface area contributed by atoms with Crippen LogP contribution in [0.4, 0.5) is 5.69 Å². The molecular weight excluding hydrogens is 468 g/mol. The third kappa shape index (κ3) is 4.20. The standard InChI is InChI=1S/C30H26N2O3S/c1-22-17-19-25(20-18-22)36(34,35)32(24-13-7-4-8-14-24)30(33)29(23-11-5-3-6-12-23)27-21-31(2)28-16-10-9-15-26(27)28/h3-21,29H,1-2H3. The van der Waals surface area contributed by atoms with Crippen LogP contribution in [-0.4, -0.2) is 18.9 Å². The van der Waals surface area contributed by atoms with Gasteiger partial charge in [0, 0.05) is 24.1 Å². The van der Waals surface area contributed by atoms with Gasteiger partial charge in [0.25, 0.3) is 15.9 Å². The molecule has 0 aliphatic rings. The SMILES string of the molecule is Cc1ccc(S(=O)(=O)N(C(=O)C(c2ccccc2)c2cn(C)c3ccccc23)c2ccccc2)cc1. The zero-order valence-corrected chi connectivity index (χ0v) is 20.9. The van der Waals surface area contributed by atoms with Gasteiger partial charge in [-0.1, -0.05) is 84.4 Å². The van der Waals surface area contributed by atoms with E-state index in [4.69, 9.17) is 0 Å². The molecule has 0 N–H and O–H groups in total. The molecule has 1 unspecified atom stereocenters. The van der Waals surface area contributed by atoms with Crippen molar-refractivity contribution in [2.45, 2.75) is 17.7 Å². The molecule has 0 fully saturated rings. The number of hydrogen-bond donors (Lipinski definition) is 0. The number of rotatable bonds is 6. The molecule has 0 aliphatic heterocycles. The Kier molecular flexibility index (Phi) is 6.20. The minimum Gasteiger partial charge on any atom is -0.350 e. The van der Waals surface area contributed by atoms with Crippen molar-refractivity contribution in [3.63, 3.8) is 0 Å². The lowest BCUT2D eigenvalue weighted by Gasteiger charge is -2.27. The third-order valence-corrected chi connectivity index (χ3v) is 8.11. The number of sulfonamides is 1. The van der Waals surface area contributed by atoms with Crippen LogP contribution < -0.4 is 4.31 Å². The molecule has 5 nitrogen and oxygen atoms in total. The van der Waals surface area contributed by atoms with Gasteiger partial charge >= 0.3 is 0 Å². The second-order valence-electron chi connectivity index (χ2n) is 8.81. The van der Waals surface area contributed by atoms with Crippen molar-refractivity contribution in [3.8, 4) is 0 Å². The van der Waals surface area contributed by atoms with Gasteiger partial charge in [-0.25, -0.2) is 12.7 Å². The smallest absolute Gasteiger partial charge is 0.270 e. The van der Waals surface area contributed by atoms with Gasteiger partial charge in [-0.15, -0.1) is 0 Å². The highest BCUT2D eigenvalue weighted by Gasteiger charge is 2.38. The Morgan fingerprint density at radius 3 is 2.03 bits per heavy atom. The first-order valence-electron chi connectivity index (χ1n) is 11.7. The Bertz CT molecular complexity index is 1620. The number of aryl methyl sites for hydroxylation is 2. The Morgan fingerprint density at radius 2 is 1.36 bits per heavy atom. The van der Waals surface area contributed by atoms with Crippen molar-refractivity contribution in [1.29, 1.82) is 0 Å². The van der Waals surface area contributed by atoms with E-state index < -0.39 is 21.8 Å². The van der Waals surface area contributed by atoms with Gasteiger partial charge < -0.3 is 4.57 Å². The second kappa shape index (κ2) is 9.47. The van der Waals surface area contributed by atoms with Crippen molar-refractivity contribution in [2.24, 2.45) is 7.05 Å². The summed E-state index contributed by atoms with van der Waals surface area (Å²) >= 11 is 0.